The van der Waals surface area contributed by atoms with Gasteiger partial charge in [-0.2, -0.15) is 0 Å². The van der Waals surface area contributed by atoms with Crippen molar-refractivity contribution in [3.8, 4) is 5.88 Å². The Labute approximate surface area is 197 Å². The smallest absolute Gasteiger partial charge is 0.218 e. The number of nitrogens with zero attached hydrogens (tertiary/aromatic N) is 3. The van der Waals surface area contributed by atoms with Crippen LogP contribution in [0.25, 0.3) is 0 Å². The van der Waals surface area contributed by atoms with Gasteiger partial charge in [-0.05, 0) is 31.5 Å². The molecule has 7 nitrogen and oxygen atoms in total. The molecule has 0 aliphatic heterocycles. The van der Waals surface area contributed by atoms with E-state index in [1.54, 1.807) is 20.4 Å². The molecular weight excluding hydrogens is 493 g/mol. The fraction of sp³-hybridized carbons (Fsp3) is 0.455. The summed E-state index contributed by atoms with van der Waals surface area (Å²) in [6.45, 7) is 6.59. The van der Waals surface area contributed by atoms with Crippen LogP contribution in [0, 0.1) is 0 Å². The second-order valence-electron chi connectivity index (χ2n) is 6.43. The van der Waals surface area contributed by atoms with Crippen LogP contribution in [0.15, 0.2) is 53.7 Å². The third-order valence-electron chi connectivity index (χ3n) is 4.45. The summed E-state index contributed by atoms with van der Waals surface area (Å²) in [6, 6.07) is 14.4. The van der Waals surface area contributed by atoms with E-state index in [0.29, 0.717) is 25.6 Å². The van der Waals surface area contributed by atoms with Gasteiger partial charge in [0.15, 0.2) is 5.96 Å². The lowest BCUT2D eigenvalue weighted by Crippen LogP contribution is -2.38. The maximum atomic E-state index is 5.68. The molecule has 1 aromatic carbocycles. The van der Waals surface area contributed by atoms with Gasteiger partial charge in [-0.25, -0.2) is 4.98 Å². The lowest BCUT2D eigenvalue weighted by Gasteiger charge is -2.23. The average Bonchev–Trinajstić information content (AvgIpc) is 2.77. The normalized spacial score (nSPS) is 10.8. The van der Waals surface area contributed by atoms with Gasteiger partial charge in [-0.3, -0.25) is 4.99 Å². The highest BCUT2D eigenvalue weighted by Crippen LogP contribution is 2.14. The molecule has 0 saturated carbocycles. The number of rotatable bonds is 12. The van der Waals surface area contributed by atoms with Gasteiger partial charge in [-0.15, -0.1) is 24.0 Å². The largest absolute Gasteiger partial charge is 0.475 e. The van der Waals surface area contributed by atoms with Gasteiger partial charge in [0.25, 0.3) is 0 Å². The molecule has 0 spiro atoms. The highest BCUT2D eigenvalue weighted by Gasteiger charge is 2.07. The van der Waals surface area contributed by atoms with Crippen LogP contribution in [-0.4, -0.2) is 57.9 Å². The van der Waals surface area contributed by atoms with E-state index in [9.17, 15) is 0 Å². The Balaban J connectivity index is 0.00000450. The van der Waals surface area contributed by atoms with Gasteiger partial charge in [0.2, 0.25) is 5.88 Å². The van der Waals surface area contributed by atoms with E-state index in [-0.39, 0.29) is 24.0 Å². The zero-order valence-corrected chi connectivity index (χ0v) is 20.5. The van der Waals surface area contributed by atoms with Gasteiger partial charge in [0.1, 0.15) is 6.61 Å². The van der Waals surface area contributed by atoms with Gasteiger partial charge in [-0.1, -0.05) is 24.3 Å². The first-order valence-electron chi connectivity index (χ1n) is 10.1. The number of para-hydroxylation sites is 1. The van der Waals surface area contributed by atoms with Crippen LogP contribution in [0.2, 0.25) is 0 Å². The molecule has 0 saturated heterocycles. The molecule has 2 N–H and O–H groups in total. The molecule has 0 unspecified atom stereocenters. The zero-order valence-electron chi connectivity index (χ0n) is 18.1. The lowest BCUT2D eigenvalue weighted by molar-refractivity contribution is 0.143. The van der Waals surface area contributed by atoms with Gasteiger partial charge >= 0.3 is 0 Å². The number of guanidine groups is 1. The molecule has 8 heteroatoms. The van der Waals surface area contributed by atoms with E-state index >= 15 is 0 Å². The van der Waals surface area contributed by atoms with E-state index < -0.39 is 0 Å². The van der Waals surface area contributed by atoms with Crippen LogP contribution in [-0.2, 0) is 11.3 Å². The molecule has 166 valence electrons. The number of nitrogens with one attached hydrogen (secondary N) is 2. The fourth-order valence-electron chi connectivity index (χ4n) is 2.90. The van der Waals surface area contributed by atoms with Crippen molar-refractivity contribution in [2.75, 3.05) is 51.9 Å². The fourth-order valence-corrected chi connectivity index (χ4v) is 2.90. The molecule has 0 fully saturated rings. The average molecular weight is 527 g/mol. The Morgan fingerprint density at radius 1 is 1.10 bits per heavy atom. The van der Waals surface area contributed by atoms with Crippen molar-refractivity contribution in [2.45, 2.75) is 19.9 Å². The first kappa shape index (κ1) is 26.0. The first-order valence-corrected chi connectivity index (χ1v) is 10.1. The Morgan fingerprint density at radius 2 is 1.90 bits per heavy atom. The van der Waals surface area contributed by atoms with Crippen LogP contribution in [0.1, 0.15) is 18.9 Å². The maximum absolute atomic E-state index is 5.68. The van der Waals surface area contributed by atoms with Gasteiger partial charge in [0.05, 0.1) is 6.61 Å². The standard InChI is InChI=1S/C22H33N5O2.HI/c1-4-27(20-11-6-5-7-12-20)15-9-14-25-22(23-2)26-18-19-10-8-13-24-21(19)29-17-16-28-3;/h5-8,10-13H,4,9,14-18H2,1-3H3,(H2,23,25,26);1H. The third-order valence-corrected chi connectivity index (χ3v) is 4.45. The van der Waals surface area contributed by atoms with Gasteiger partial charge in [0, 0.05) is 57.8 Å². The number of methoxy groups -OCH3 is 1. The number of aliphatic imine (C=N–C) groups is 1. The summed E-state index contributed by atoms with van der Waals surface area (Å²) in [7, 11) is 3.43. The quantitative estimate of drug-likeness (QED) is 0.191. The summed E-state index contributed by atoms with van der Waals surface area (Å²) in [5.41, 5.74) is 2.24. The summed E-state index contributed by atoms with van der Waals surface area (Å²) in [5, 5.41) is 6.70. The first-order chi connectivity index (χ1) is 14.3. The summed E-state index contributed by atoms with van der Waals surface area (Å²) < 4.78 is 10.7. The minimum Gasteiger partial charge on any atom is -0.475 e. The molecule has 0 amide bonds. The van der Waals surface area contributed by atoms with Crippen molar-refractivity contribution in [1.82, 2.24) is 15.6 Å². The molecule has 0 atom stereocenters. The summed E-state index contributed by atoms with van der Waals surface area (Å²) in [4.78, 5) is 11.0. The van der Waals surface area contributed by atoms with E-state index in [4.69, 9.17) is 9.47 Å². The minimum atomic E-state index is 0. The van der Waals surface area contributed by atoms with E-state index in [2.05, 4.69) is 56.7 Å². The molecular formula is C22H34IN5O2. The predicted octanol–water partition coefficient (Wildman–Crippen LogP) is 3.31. The molecule has 0 radical (unpaired) electrons. The van der Waals surface area contributed by atoms with Crippen molar-refractivity contribution < 1.29 is 9.47 Å². The highest BCUT2D eigenvalue weighted by atomic mass is 127. The van der Waals surface area contributed by atoms with E-state index in [0.717, 1.165) is 37.6 Å². The molecule has 0 aliphatic rings. The van der Waals surface area contributed by atoms with Crippen molar-refractivity contribution in [3.05, 3.63) is 54.2 Å². The maximum Gasteiger partial charge on any atom is 0.218 e. The molecule has 0 aliphatic carbocycles. The Morgan fingerprint density at radius 3 is 2.60 bits per heavy atom. The summed E-state index contributed by atoms with van der Waals surface area (Å²) in [6.07, 6.45) is 2.74. The SMILES string of the molecule is CCN(CCCNC(=NC)NCc1cccnc1OCCOC)c1ccccc1.I. The van der Waals surface area contributed by atoms with Gasteiger partial charge < -0.3 is 25.0 Å². The zero-order chi connectivity index (χ0) is 20.7. The van der Waals surface area contributed by atoms with Crippen LogP contribution >= 0.6 is 24.0 Å². The third kappa shape index (κ3) is 9.17. The van der Waals surface area contributed by atoms with Crippen molar-refractivity contribution in [3.63, 3.8) is 0 Å². The van der Waals surface area contributed by atoms with Crippen LogP contribution < -0.4 is 20.3 Å². The predicted molar refractivity (Wildman–Crippen MR) is 134 cm³/mol. The summed E-state index contributed by atoms with van der Waals surface area (Å²) in [5.74, 6) is 1.38. The monoisotopic (exact) mass is 527 g/mol. The number of halogens is 1. The topological polar surface area (TPSA) is 71.0 Å². The second kappa shape index (κ2) is 15.7. The molecule has 2 rings (SSSR count). The van der Waals surface area contributed by atoms with E-state index in [1.807, 2.05) is 18.2 Å². The second-order valence-corrected chi connectivity index (χ2v) is 6.43. The number of ether oxygens (including phenoxy) is 2. The highest BCUT2D eigenvalue weighted by molar-refractivity contribution is 14.0. The molecule has 1 heterocycles. The number of hydrogen-bond acceptors (Lipinski definition) is 5. The number of pyridine rings is 1. The number of hydrogen-bond donors (Lipinski definition) is 2. The molecule has 2 aromatic rings. The van der Waals surface area contributed by atoms with Crippen molar-refractivity contribution >= 4 is 35.6 Å². The lowest BCUT2D eigenvalue weighted by atomic mass is 10.2. The van der Waals surface area contributed by atoms with Crippen molar-refractivity contribution in [2.24, 2.45) is 4.99 Å². The number of benzene rings is 1. The van der Waals surface area contributed by atoms with Crippen LogP contribution in [0.4, 0.5) is 5.69 Å². The minimum absolute atomic E-state index is 0. The Kier molecular flexibility index (Phi) is 13.6. The van der Waals surface area contributed by atoms with Crippen LogP contribution in [0.3, 0.4) is 0 Å². The molecule has 30 heavy (non-hydrogen) atoms. The van der Waals surface area contributed by atoms with Crippen molar-refractivity contribution in [1.29, 1.82) is 0 Å². The van der Waals surface area contributed by atoms with E-state index in [1.165, 1.54) is 5.69 Å². The summed E-state index contributed by atoms with van der Waals surface area (Å²) >= 11 is 0. The molecule has 1 aromatic heterocycles. The number of anilines is 1. The van der Waals surface area contributed by atoms with Crippen LogP contribution in [0.5, 0.6) is 5.88 Å². The Bertz CT molecular complexity index is 730. The number of aromatic nitrogens is 1. The molecule has 0 bridgehead atoms. The Hall–Kier alpha value is -2.07.